The van der Waals surface area contributed by atoms with Crippen LogP contribution in [0.4, 0.5) is 11.6 Å². The van der Waals surface area contributed by atoms with Crippen molar-refractivity contribution >= 4 is 11.6 Å². The van der Waals surface area contributed by atoms with Crippen molar-refractivity contribution in [3.8, 4) is 0 Å². The Kier molecular flexibility index (Phi) is 3.27. The van der Waals surface area contributed by atoms with Crippen LogP contribution in [0.5, 0.6) is 0 Å². The van der Waals surface area contributed by atoms with Crippen LogP contribution in [-0.4, -0.2) is 34.3 Å². The Labute approximate surface area is 112 Å². The highest BCUT2D eigenvalue weighted by Gasteiger charge is 2.23. The van der Waals surface area contributed by atoms with E-state index in [4.69, 9.17) is 0 Å². The van der Waals surface area contributed by atoms with E-state index in [0.717, 1.165) is 36.8 Å². The molecule has 1 atom stereocenters. The smallest absolute Gasteiger partial charge is 0.148 e. The molecule has 5 heteroatoms. The number of nitrogens with one attached hydrogen (secondary N) is 1. The second-order valence-electron chi connectivity index (χ2n) is 4.82. The number of pyridine rings is 1. The van der Waals surface area contributed by atoms with Gasteiger partial charge in [0.25, 0.3) is 0 Å². The third kappa shape index (κ3) is 2.81. The molecule has 2 aromatic heterocycles. The lowest BCUT2D eigenvalue weighted by atomic mass is 10.2. The molecule has 2 aromatic rings. The molecular weight excluding hydrogens is 238 g/mol. The molecule has 0 aliphatic carbocycles. The van der Waals surface area contributed by atoms with Crippen LogP contribution < -0.4 is 10.2 Å². The van der Waals surface area contributed by atoms with E-state index in [9.17, 15) is 0 Å². The molecule has 3 heterocycles. The van der Waals surface area contributed by atoms with Crippen molar-refractivity contribution in [1.82, 2.24) is 15.2 Å². The zero-order chi connectivity index (χ0) is 13.1. The van der Waals surface area contributed by atoms with Gasteiger partial charge in [0, 0.05) is 25.3 Å². The summed E-state index contributed by atoms with van der Waals surface area (Å²) in [4.78, 5) is 6.67. The fourth-order valence-corrected chi connectivity index (χ4v) is 2.31. The van der Waals surface area contributed by atoms with Gasteiger partial charge in [-0.1, -0.05) is 6.07 Å². The normalized spacial score (nSPS) is 18.6. The van der Waals surface area contributed by atoms with Gasteiger partial charge in [0.1, 0.15) is 11.6 Å². The van der Waals surface area contributed by atoms with Crippen molar-refractivity contribution in [2.75, 3.05) is 23.3 Å². The monoisotopic (exact) mass is 255 g/mol. The summed E-state index contributed by atoms with van der Waals surface area (Å²) in [6.07, 6.45) is 2.92. The standard InChI is InChI=1S/C14H17N5/c1-11-5-6-13(18-17-11)16-12-7-9-19(10-12)14-4-2-3-8-15-14/h2-6,8,12H,7,9-10H2,1H3,(H,16,18). The summed E-state index contributed by atoms with van der Waals surface area (Å²) < 4.78 is 0. The molecule has 3 rings (SSSR count). The molecule has 0 saturated carbocycles. The molecule has 0 spiro atoms. The highest BCUT2D eigenvalue weighted by Crippen LogP contribution is 2.19. The first-order valence-corrected chi connectivity index (χ1v) is 6.54. The summed E-state index contributed by atoms with van der Waals surface area (Å²) in [5.41, 5.74) is 0.937. The summed E-state index contributed by atoms with van der Waals surface area (Å²) in [7, 11) is 0. The molecule has 1 N–H and O–H groups in total. The van der Waals surface area contributed by atoms with E-state index in [0.29, 0.717) is 6.04 Å². The first kappa shape index (κ1) is 11.9. The van der Waals surface area contributed by atoms with Gasteiger partial charge in [0.2, 0.25) is 0 Å². The average Bonchev–Trinajstić information content (AvgIpc) is 2.91. The first-order chi connectivity index (χ1) is 9.31. The third-order valence-electron chi connectivity index (χ3n) is 3.31. The maximum Gasteiger partial charge on any atom is 0.148 e. The molecule has 0 radical (unpaired) electrons. The van der Waals surface area contributed by atoms with Gasteiger partial charge in [-0.15, -0.1) is 5.10 Å². The number of hydrogen-bond acceptors (Lipinski definition) is 5. The van der Waals surface area contributed by atoms with Crippen LogP contribution in [-0.2, 0) is 0 Å². The van der Waals surface area contributed by atoms with Crippen LogP contribution in [0.1, 0.15) is 12.1 Å². The second kappa shape index (κ2) is 5.22. The quantitative estimate of drug-likeness (QED) is 0.907. The summed E-state index contributed by atoms with van der Waals surface area (Å²) in [6.45, 7) is 3.91. The predicted molar refractivity (Wildman–Crippen MR) is 75.2 cm³/mol. The van der Waals surface area contributed by atoms with E-state index in [2.05, 4.69) is 25.4 Å². The highest BCUT2D eigenvalue weighted by molar-refractivity contribution is 5.42. The van der Waals surface area contributed by atoms with Gasteiger partial charge < -0.3 is 10.2 Å². The maximum absolute atomic E-state index is 4.38. The molecule has 0 bridgehead atoms. The van der Waals surface area contributed by atoms with Crippen LogP contribution in [0.15, 0.2) is 36.5 Å². The number of anilines is 2. The van der Waals surface area contributed by atoms with E-state index in [1.807, 2.05) is 43.5 Å². The average molecular weight is 255 g/mol. The molecule has 98 valence electrons. The lowest BCUT2D eigenvalue weighted by molar-refractivity contribution is 0.791. The Morgan fingerprint density at radius 2 is 2.16 bits per heavy atom. The van der Waals surface area contributed by atoms with Gasteiger partial charge in [0.05, 0.1) is 5.69 Å². The minimum atomic E-state index is 0.402. The lowest BCUT2D eigenvalue weighted by Gasteiger charge is -2.17. The molecule has 1 unspecified atom stereocenters. The largest absolute Gasteiger partial charge is 0.364 e. The topological polar surface area (TPSA) is 53.9 Å². The number of rotatable bonds is 3. The third-order valence-corrected chi connectivity index (χ3v) is 3.31. The molecule has 0 amide bonds. The Hall–Kier alpha value is -2.17. The molecule has 5 nitrogen and oxygen atoms in total. The van der Waals surface area contributed by atoms with Crippen molar-refractivity contribution in [3.63, 3.8) is 0 Å². The van der Waals surface area contributed by atoms with Crippen molar-refractivity contribution in [2.45, 2.75) is 19.4 Å². The Bertz CT molecular complexity index is 525. The molecule has 19 heavy (non-hydrogen) atoms. The summed E-state index contributed by atoms with van der Waals surface area (Å²) in [5, 5.41) is 11.6. The summed E-state index contributed by atoms with van der Waals surface area (Å²) >= 11 is 0. The van der Waals surface area contributed by atoms with Gasteiger partial charge in [0.15, 0.2) is 0 Å². The second-order valence-corrected chi connectivity index (χ2v) is 4.82. The van der Waals surface area contributed by atoms with Crippen LogP contribution in [0.25, 0.3) is 0 Å². The van der Waals surface area contributed by atoms with E-state index in [1.165, 1.54) is 0 Å². The Balaban J connectivity index is 1.62. The van der Waals surface area contributed by atoms with E-state index >= 15 is 0 Å². The van der Waals surface area contributed by atoms with Gasteiger partial charge in [-0.25, -0.2) is 4.98 Å². The van der Waals surface area contributed by atoms with Gasteiger partial charge in [-0.3, -0.25) is 0 Å². The zero-order valence-corrected chi connectivity index (χ0v) is 11.0. The number of hydrogen-bond donors (Lipinski definition) is 1. The molecule has 1 aliphatic heterocycles. The number of nitrogens with zero attached hydrogens (tertiary/aromatic N) is 4. The van der Waals surface area contributed by atoms with Crippen LogP contribution in [0.2, 0.25) is 0 Å². The van der Waals surface area contributed by atoms with Crippen LogP contribution in [0, 0.1) is 6.92 Å². The van der Waals surface area contributed by atoms with Gasteiger partial charge in [-0.2, -0.15) is 5.10 Å². The van der Waals surface area contributed by atoms with E-state index < -0.39 is 0 Å². The fraction of sp³-hybridized carbons (Fsp3) is 0.357. The van der Waals surface area contributed by atoms with Gasteiger partial charge >= 0.3 is 0 Å². The molecule has 1 saturated heterocycles. The highest BCUT2D eigenvalue weighted by atomic mass is 15.3. The number of aromatic nitrogens is 3. The Morgan fingerprint density at radius 1 is 1.21 bits per heavy atom. The summed E-state index contributed by atoms with van der Waals surface area (Å²) in [5.74, 6) is 1.89. The molecule has 1 fully saturated rings. The van der Waals surface area contributed by atoms with Crippen molar-refractivity contribution in [2.24, 2.45) is 0 Å². The van der Waals surface area contributed by atoms with Crippen LogP contribution in [0.3, 0.4) is 0 Å². The molecule has 1 aliphatic rings. The van der Waals surface area contributed by atoms with Crippen molar-refractivity contribution in [1.29, 1.82) is 0 Å². The van der Waals surface area contributed by atoms with Crippen molar-refractivity contribution < 1.29 is 0 Å². The predicted octanol–water partition coefficient (Wildman–Crippen LogP) is 1.87. The molecule has 0 aromatic carbocycles. The maximum atomic E-state index is 4.38. The summed E-state index contributed by atoms with van der Waals surface area (Å²) in [6, 6.07) is 10.4. The molecular formula is C14H17N5. The van der Waals surface area contributed by atoms with Gasteiger partial charge in [-0.05, 0) is 37.6 Å². The fourth-order valence-electron chi connectivity index (χ4n) is 2.31. The Morgan fingerprint density at radius 3 is 2.89 bits per heavy atom. The number of aryl methyl sites for hydroxylation is 1. The lowest BCUT2D eigenvalue weighted by Crippen LogP contribution is -2.26. The van der Waals surface area contributed by atoms with Crippen molar-refractivity contribution in [3.05, 3.63) is 42.2 Å². The zero-order valence-electron chi connectivity index (χ0n) is 11.0. The minimum absolute atomic E-state index is 0.402. The van der Waals surface area contributed by atoms with E-state index in [1.54, 1.807) is 0 Å². The first-order valence-electron chi connectivity index (χ1n) is 6.54. The van der Waals surface area contributed by atoms with E-state index in [-0.39, 0.29) is 0 Å². The minimum Gasteiger partial charge on any atom is -0.364 e. The SMILES string of the molecule is Cc1ccc(NC2CCN(c3ccccn3)C2)nn1. The van der Waals surface area contributed by atoms with Crippen LogP contribution >= 0.6 is 0 Å².